The monoisotopic (exact) mass is 200 g/mol. The Hall–Kier alpha value is -0.0151. The van der Waals surface area contributed by atoms with E-state index in [1.165, 1.54) is 0 Å². The highest BCUT2D eigenvalue weighted by molar-refractivity contribution is 6.46. The van der Waals surface area contributed by atoms with Crippen LogP contribution in [0, 0.1) is 0 Å². The standard InChI is InChI=1S/C11H25BO2/c1-9(2)12(13-10(3,4)5)14-11(6,7)8/h9H,1-8H3. The molecule has 2 nitrogen and oxygen atoms in total. The molecule has 0 heterocycles. The SMILES string of the molecule is CC(C)B(OC(C)(C)C)OC(C)(C)C. The van der Waals surface area contributed by atoms with Crippen LogP contribution < -0.4 is 0 Å². The van der Waals surface area contributed by atoms with Crippen molar-refractivity contribution in [3.63, 3.8) is 0 Å². The van der Waals surface area contributed by atoms with E-state index in [2.05, 4.69) is 55.4 Å². The average Bonchev–Trinajstić information content (AvgIpc) is 1.78. The van der Waals surface area contributed by atoms with Crippen molar-refractivity contribution in [3.05, 3.63) is 0 Å². The Bertz CT molecular complexity index is 149. The van der Waals surface area contributed by atoms with Gasteiger partial charge in [0.1, 0.15) is 0 Å². The van der Waals surface area contributed by atoms with E-state index in [1.54, 1.807) is 0 Å². The summed E-state index contributed by atoms with van der Waals surface area (Å²) in [4.78, 5) is 0. The van der Waals surface area contributed by atoms with Gasteiger partial charge < -0.3 is 9.31 Å². The minimum atomic E-state index is -0.153. The van der Waals surface area contributed by atoms with Gasteiger partial charge in [-0.3, -0.25) is 0 Å². The largest absolute Gasteiger partial charge is 0.460 e. The third kappa shape index (κ3) is 7.39. The van der Waals surface area contributed by atoms with Gasteiger partial charge in [0, 0.05) is 11.2 Å². The molecular formula is C11H25BO2. The summed E-state index contributed by atoms with van der Waals surface area (Å²) in [7, 11) is -0.130. The molecule has 0 N–H and O–H groups in total. The Labute approximate surface area is 89.5 Å². The van der Waals surface area contributed by atoms with Crippen molar-refractivity contribution in [2.75, 3.05) is 0 Å². The van der Waals surface area contributed by atoms with Crippen molar-refractivity contribution < 1.29 is 9.31 Å². The van der Waals surface area contributed by atoms with Crippen molar-refractivity contribution in [2.24, 2.45) is 0 Å². The summed E-state index contributed by atoms with van der Waals surface area (Å²) in [5.74, 6) is 0.369. The second-order valence-electron chi connectivity index (χ2n) is 6.07. The summed E-state index contributed by atoms with van der Waals surface area (Å²) in [6.07, 6.45) is 0. The van der Waals surface area contributed by atoms with E-state index in [4.69, 9.17) is 9.31 Å². The molecule has 0 spiro atoms. The molecule has 0 saturated heterocycles. The van der Waals surface area contributed by atoms with Crippen molar-refractivity contribution in [1.82, 2.24) is 0 Å². The van der Waals surface area contributed by atoms with Gasteiger partial charge in [-0.2, -0.15) is 0 Å². The molecule has 0 aromatic rings. The molecule has 84 valence electrons. The zero-order valence-corrected chi connectivity index (χ0v) is 11.0. The van der Waals surface area contributed by atoms with Crippen molar-refractivity contribution in [1.29, 1.82) is 0 Å². The highest BCUT2D eigenvalue weighted by Gasteiger charge is 2.32. The zero-order chi connectivity index (χ0) is 11.6. The smallest absolute Gasteiger partial charge is 0.406 e. The molecule has 0 amide bonds. The van der Waals surface area contributed by atoms with E-state index >= 15 is 0 Å². The molecule has 0 radical (unpaired) electrons. The quantitative estimate of drug-likeness (QED) is 0.649. The maximum atomic E-state index is 5.85. The first-order chi connectivity index (χ1) is 6.01. The Morgan fingerprint density at radius 3 is 1.21 bits per heavy atom. The lowest BCUT2D eigenvalue weighted by atomic mass is 9.72. The Morgan fingerprint density at radius 1 is 0.786 bits per heavy atom. The van der Waals surface area contributed by atoms with Crippen molar-refractivity contribution in [2.45, 2.75) is 72.4 Å². The molecule has 0 aromatic heterocycles. The summed E-state index contributed by atoms with van der Waals surface area (Å²) in [6.45, 7) is 16.5. The van der Waals surface area contributed by atoms with Crippen LogP contribution >= 0.6 is 0 Å². The van der Waals surface area contributed by atoms with Crippen LogP contribution in [0.5, 0.6) is 0 Å². The first kappa shape index (κ1) is 14.0. The van der Waals surface area contributed by atoms with Gasteiger partial charge in [0.15, 0.2) is 0 Å². The zero-order valence-electron chi connectivity index (χ0n) is 11.0. The minimum Gasteiger partial charge on any atom is -0.406 e. The summed E-state index contributed by atoms with van der Waals surface area (Å²) < 4.78 is 11.7. The van der Waals surface area contributed by atoms with Crippen LogP contribution in [-0.4, -0.2) is 18.3 Å². The second kappa shape index (κ2) is 4.67. The molecule has 0 saturated carbocycles. The second-order valence-corrected chi connectivity index (χ2v) is 6.07. The average molecular weight is 200 g/mol. The van der Waals surface area contributed by atoms with Crippen LogP contribution in [0.25, 0.3) is 0 Å². The summed E-state index contributed by atoms with van der Waals surface area (Å²) in [5, 5.41) is 0. The molecule has 0 aliphatic rings. The molecule has 0 unspecified atom stereocenters. The number of hydrogen-bond acceptors (Lipinski definition) is 2. The highest BCUT2D eigenvalue weighted by atomic mass is 16.6. The molecular weight excluding hydrogens is 175 g/mol. The van der Waals surface area contributed by atoms with Gasteiger partial charge in [-0.05, 0) is 47.4 Å². The van der Waals surface area contributed by atoms with Gasteiger partial charge in [-0.15, -0.1) is 0 Å². The predicted octanol–water partition coefficient (Wildman–Crippen LogP) is 3.51. The van der Waals surface area contributed by atoms with E-state index in [9.17, 15) is 0 Å². The fraction of sp³-hybridized carbons (Fsp3) is 1.00. The van der Waals surface area contributed by atoms with Gasteiger partial charge in [0.05, 0.1) is 0 Å². The van der Waals surface area contributed by atoms with Gasteiger partial charge in [0.2, 0.25) is 0 Å². The Balaban J connectivity index is 4.32. The topological polar surface area (TPSA) is 18.5 Å². The van der Waals surface area contributed by atoms with Gasteiger partial charge in [0.25, 0.3) is 0 Å². The maximum absolute atomic E-state index is 5.85. The van der Waals surface area contributed by atoms with Crippen LogP contribution in [0.4, 0.5) is 0 Å². The Morgan fingerprint density at radius 2 is 1.07 bits per heavy atom. The molecule has 0 bridgehead atoms. The minimum absolute atomic E-state index is 0.130. The van der Waals surface area contributed by atoms with Crippen LogP contribution in [0.3, 0.4) is 0 Å². The molecule has 14 heavy (non-hydrogen) atoms. The van der Waals surface area contributed by atoms with E-state index < -0.39 is 0 Å². The predicted molar refractivity (Wildman–Crippen MR) is 62.5 cm³/mol. The van der Waals surface area contributed by atoms with Crippen LogP contribution in [0.1, 0.15) is 55.4 Å². The molecule has 0 fully saturated rings. The van der Waals surface area contributed by atoms with Crippen LogP contribution in [0.2, 0.25) is 5.82 Å². The fourth-order valence-corrected chi connectivity index (χ4v) is 0.993. The van der Waals surface area contributed by atoms with E-state index in [-0.39, 0.29) is 18.3 Å². The third-order valence-electron chi connectivity index (χ3n) is 1.48. The lowest BCUT2D eigenvalue weighted by Crippen LogP contribution is -2.40. The number of rotatable bonds is 3. The first-order valence-corrected chi connectivity index (χ1v) is 5.37. The summed E-state index contributed by atoms with van der Waals surface area (Å²) >= 11 is 0. The van der Waals surface area contributed by atoms with Crippen molar-refractivity contribution in [3.8, 4) is 0 Å². The van der Waals surface area contributed by atoms with Crippen LogP contribution in [-0.2, 0) is 9.31 Å². The molecule has 3 heteroatoms. The molecule has 0 aliphatic heterocycles. The first-order valence-electron chi connectivity index (χ1n) is 5.37. The van der Waals surface area contributed by atoms with Gasteiger partial charge in [-0.1, -0.05) is 13.8 Å². The Kier molecular flexibility index (Phi) is 4.66. The van der Waals surface area contributed by atoms with Gasteiger partial charge >= 0.3 is 7.12 Å². The van der Waals surface area contributed by atoms with Crippen LogP contribution in [0.15, 0.2) is 0 Å². The molecule has 0 rings (SSSR count). The van der Waals surface area contributed by atoms with E-state index in [0.717, 1.165) is 0 Å². The lowest BCUT2D eigenvalue weighted by Gasteiger charge is -2.32. The molecule has 0 atom stereocenters. The fourth-order valence-electron chi connectivity index (χ4n) is 0.993. The molecule has 0 aliphatic carbocycles. The lowest BCUT2D eigenvalue weighted by molar-refractivity contribution is 0.0303. The molecule has 0 aromatic carbocycles. The maximum Gasteiger partial charge on any atom is 0.460 e. The highest BCUT2D eigenvalue weighted by Crippen LogP contribution is 2.22. The summed E-state index contributed by atoms with van der Waals surface area (Å²) in [5.41, 5.74) is -0.305. The van der Waals surface area contributed by atoms with E-state index in [0.29, 0.717) is 5.82 Å². The number of hydrogen-bond donors (Lipinski definition) is 0. The summed E-state index contributed by atoms with van der Waals surface area (Å²) in [6, 6.07) is 0. The third-order valence-corrected chi connectivity index (χ3v) is 1.48. The van der Waals surface area contributed by atoms with Crippen molar-refractivity contribution >= 4 is 7.12 Å². The van der Waals surface area contributed by atoms with E-state index in [1.807, 2.05) is 0 Å². The normalized spacial score (nSPS) is 13.5. The van der Waals surface area contributed by atoms with Gasteiger partial charge in [-0.25, -0.2) is 0 Å².